The first-order valence-corrected chi connectivity index (χ1v) is 6.41. The first-order valence-electron chi connectivity index (χ1n) is 6.04. The lowest BCUT2D eigenvalue weighted by molar-refractivity contribution is 0.0993. The maximum absolute atomic E-state index is 12.8. The van der Waals surface area contributed by atoms with Gasteiger partial charge >= 0.3 is 0 Å². The largest absolute Gasteiger partial charge is 0.359 e. The van der Waals surface area contributed by atoms with E-state index >= 15 is 0 Å². The molecule has 102 valence electrons. The predicted molar refractivity (Wildman–Crippen MR) is 79.6 cm³/mol. The molecule has 0 unspecified atom stereocenters. The molecule has 0 bridgehead atoms. The highest BCUT2D eigenvalue weighted by molar-refractivity contribution is 6.30. The molecule has 0 radical (unpaired) electrons. The summed E-state index contributed by atoms with van der Waals surface area (Å²) in [5.41, 5.74) is 1.83. The van der Waals surface area contributed by atoms with Gasteiger partial charge in [-0.1, -0.05) is 18.2 Å². The van der Waals surface area contributed by atoms with Gasteiger partial charge in [0.05, 0.1) is 6.42 Å². The van der Waals surface area contributed by atoms with Gasteiger partial charge in [-0.3, -0.25) is 4.79 Å². The zero-order chi connectivity index (χ0) is 14.5. The van der Waals surface area contributed by atoms with Crippen molar-refractivity contribution in [1.82, 2.24) is 0 Å². The highest BCUT2D eigenvalue weighted by Gasteiger charge is 2.08. The van der Waals surface area contributed by atoms with E-state index in [9.17, 15) is 9.18 Å². The van der Waals surface area contributed by atoms with E-state index in [-0.39, 0.29) is 18.0 Å². The fraction of sp³-hybridized carbons (Fsp3) is 0.0625. The molecular formula is C16H13ClFNO. The summed E-state index contributed by atoms with van der Waals surface area (Å²) in [5.74, 6) is -0.361. The number of Topliss-reactive ketones (excluding diaryl/α,β-unsaturated/α-hetero) is 1. The quantitative estimate of drug-likeness (QED) is 0.810. The molecule has 0 fully saturated rings. The summed E-state index contributed by atoms with van der Waals surface area (Å²) in [5, 5.41) is 3.56. The van der Waals surface area contributed by atoms with Crippen LogP contribution in [-0.2, 0) is 0 Å². The molecule has 0 aromatic heterocycles. The zero-order valence-corrected chi connectivity index (χ0v) is 11.5. The lowest BCUT2D eigenvalue weighted by atomic mass is 10.1. The maximum Gasteiger partial charge on any atom is 0.168 e. The highest BCUT2D eigenvalue weighted by Crippen LogP contribution is 2.15. The van der Waals surface area contributed by atoms with Crippen LogP contribution in [0.2, 0.25) is 5.02 Å². The van der Waals surface area contributed by atoms with Gasteiger partial charge in [0, 0.05) is 22.0 Å². The molecule has 0 aliphatic carbocycles. The molecule has 1 N–H and O–H groups in total. The van der Waals surface area contributed by atoms with Crippen molar-refractivity contribution in [2.24, 2.45) is 0 Å². The molecule has 0 atom stereocenters. The van der Waals surface area contributed by atoms with E-state index in [1.54, 1.807) is 36.4 Å². The Morgan fingerprint density at radius 3 is 2.30 bits per heavy atom. The first-order chi connectivity index (χ1) is 9.54. The van der Waals surface area contributed by atoms with Gasteiger partial charge in [0.15, 0.2) is 5.78 Å². The van der Waals surface area contributed by atoms with Gasteiger partial charge in [-0.2, -0.15) is 0 Å². The second-order valence-electron chi connectivity index (χ2n) is 4.34. The summed E-state index contributed by atoms with van der Waals surface area (Å²) in [6.45, 7) is 3.80. The molecule has 4 heteroatoms. The van der Waals surface area contributed by atoms with Crippen LogP contribution in [0, 0.1) is 5.82 Å². The molecule has 2 rings (SSSR count). The van der Waals surface area contributed by atoms with Crippen LogP contribution in [0.4, 0.5) is 10.1 Å². The molecular weight excluding hydrogens is 277 g/mol. The van der Waals surface area contributed by atoms with Gasteiger partial charge < -0.3 is 5.32 Å². The van der Waals surface area contributed by atoms with E-state index in [1.807, 2.05) is 0 Å². The average molecular weight is 290 g/mol. The van der Waals surface area contributed by atoms with Gasteiger partial charge in [-0.25, -0.2) is 4.39 Å². The van der Waals surface area contributed by atoms with Crippen molar-refractivity contribution in [3.05, 3.63) is 77.2 Å². The number of anilines is 1. The molecule has 0 aliphatic heterocycles. The van der Waals surface area contributed by atoms with Gasteiger partial charge in [0.25, 0.3) is 0 Å². The molecule has 0 amide bonds. The predicted octanol–water partition coefficient (Wildman–Crippen LogP) is 4.68. The number of hydrogen-bond acceptors (Lipinski definition) is 2. The summed E-state index contributed by atoms with van der Waals surface area (Å²) >= 11 is 5.77. The third-order valence-electron chi connectivity index (χ3n) is 2.71. The van der Waals surface area contributed by atoms with Crippen LogP contribution in [0.3, 0.4) is 0 Å². The van der Waals surface area contributed by atoms with Crippen molar-refractivity contribution in [2.75, 3.05) is 5.32 Å². The van der Waals surface area contributed by atoms with Crippen molar-refractivity contribution in [3.63, 3.8) is 0 Å². The normalized spacial score (nSPS) is 10.1. The summed E-state index contributed by atoms with van der Waals surface area (Å²) < 4.78 is 12.8. The topological polar surface area (TPSA) is 29.1 Å². The van der Waals surface area contributed by atoms with E-state index in [2.05, 4.69) is 11.9 Å². The fourth-order valence-corrected chi connectivity index (χ4v) is 1.84. The Kier molecular flexibility index (Phi) is 4.53. The van der Waals surface area contributed by atoms with Crippen molar-refractivity contribution < 1.29 is 9.18 Å². The number of hydrogen-bond donors (Lipinski definition) is 1. The number of ketones is 1. The summed E-state index contributed by atoms with van der Waals surface area (Å²) in [6, 6.07) is 12.6. The van der Waals surface area contributed by atoms with Gasteiger partial charge in [-0.15, -0.1) is 0 Å². The summed E-state index contributed by atoms with van der Waals surface area (Å²) in [7, 11) is 0. The number of allylic oxidation sites excluding steroid dienone is 1. The number of nitrogens with one attached hydrogen (secondary N) is 1. The van der Waals surface area contributed by atoms with E-state index in [4.69, 9.17) is 11.6 Å². The molecule has 20 heavy (non-hydrogen) atoms. The van der Waals surface area contributed by atoms with E-state index in [1.165, 1.54) is 12.1 Å². The molecule has 2 aromatic carbocycles. The Balaban J connectivity index is 1.95. The number of benzene rings is 2. The smallest absolute Gasteiger partial charge is 0.168 e. The number of carbonyl (C=O) groups excluding carboxylic acids is 1. The molecule has 0 aliphatic rings. The van der Waals surface area contributed by atoms with Crippen molar-refractivity contribution in [1.29, 1.82) is 0 Å². The molecule has 2 nitrogen and oxygen atoms in total. The van der Waals surface area contributed by atoms with Crippen LogP contribution >= 0.6 is 11.6 Å². The van der Waals surface area contributed by atoms with Crippen LogP contribution in [0.25, 0.3) is 0 Å². The lowest BCUT2D eigenvalue weighted by Crippen LogP contribution is -2.06. The van der Waals surface area contributed by atoms with Gasteiger partial charge in [-0.05, 0) is 48.5 Å². The maximum atomic E-state index is 12.8. The second kappa shape index (κ2) is 6.35. The van der Waals surface area contributed by atoms with Gasteiger partial charge in [0.1, 0.15) is 5.82 Å². The molecule has 0 spiro atoms. The Labute approximate surface area is 121 Å². The second-order valence-corrected chi connectivity index (χ2v) is 4.78. The number of rotatable bonds is 5. The summed E-state index contributed by atoms with van der Waals surface area (Å²) in [4.78, 5) is 12.0. The average Bonchev–Trinajstić information content (AvgIpc) is 2.42. The van der Waals surface area contributed by atoms with Crippen molar-refractivity contribution in [2.45, 2.75) is 6.42 Å². The minimum Gasteiger partial charge on any atom is -0.359 e. The highest BCUT2D eigenvalue weighted by atomic mass is 35.5. The molecule has 0 heterocycles. The third-order valence-corrected chi connectivity index (χ3v) is 2.96. The summed E-state index contributed by atoms with van der Waals surface area (Å²) in [6.07, 6.45) is 0.166. The van der Waals surface area contributed by atoms with Crippen LogP contribution in [0.15, 0.2) is 60.8 Å². The minimum absolute atomic E-state index is 0.0544. The molecule has 0 saturated carbocycles. The zero-order valence-electron chi connectivity index (χ0n) is 10.7. The minimum atomic E-state index is -0.307. The van der Waals surface area contributed by atoms with Crippen LogP contribution < -0.4 is 5.32 Å². The third kappa shape index (κ3) is 3.93. The van der Waals surface area contributed by atoms with E-state index < -0.39 is 0 Å². The SMILES string of the molecule is C=C(CC(=O)c1ccc(Cl)cc1)Nc1ccc(F)cc1. The van der Waals surface area contributed by atoms with Crippen LogP contribution in [0.1, 0.15) is 16.8 Å². The van der Waals surface area contributed by atoms with E-state index in [0.29, 0.717) is 22.0 Å². The van der Waals surface area contributed by atoms with Crippen molar-refractivity contribution >= 4 is 23.1 Å². The van der Waals surface area contributed by atoms with Crippen LogP contribution in [-0.4, -0.2) is 5.78 Å². The Hall–Kier alpha value is -2.13. The number of carbonyl (C=O) groups is 1. The monoisotopic (exact) mass is 289 g/mol. The van der Waals surface area contributed by atoms with E-state index in [0.717, 1.165) is 0 Å². The Morgan fingerprint density at radius 2 is 1.70 bits per heavy atom. The first kappa shape index (κ1) is 14.3. The van der Waals surface area contributed by atoms with Crippen LogP contribution in [0.5, 0.6) is 0 Å². The molecule has 2 aromatic rings. The van der Waals surface area contributed by atoms with Crippen molar-refractivity contribution in [3.8, 4) is 0 Å². The molecule has 0 saturated heterocycles. The number of halogens is 2. The Bertz CT molecular complexity index is 620. The fourth-order valence-electron chi connectivity index (χ4n) is 1.71. The van der Waals surface area contributed by atoms with Gasteiger partial charge in [0.2, 0.25) is 0 Å². The standard InChI is InChI=1S/C16H13ClFNO/c1-11(19-15-8-6-14(18)7-9-15)10-16(20)12-2-4-13(17)5-3-12/h2-9,19H,1,10H2. The Morgan fingerprint density at radius 1 is 1.10 bits per heavy atom. The lowest BCUT2D eigenvalue weighted by Gasteiger charge is -2.09.